The minimum atomic E-state index is 0.194. The summed E-state index contributed by atoms with van der Waals surface area (Å²) in [5.74, 6) is 0.194. The summed E-state index contributed by atoms with van der Waals surface area (Å²) in [5, 5.41) is 0. The van der Waals surface area contributed by atoms with E-state index in [4.69, 9.17) is 4.74 Å². The number of rotatable bonds is 3. The lowest BCUT2D eigenvalue weighted by molar-refractivity contribution is -0.0715. The Balaban J connectivity index is 1.68. The summed E-state index contributed by atoms with van der Waals surface area (Å²) in [4.78, 5) is 17.5. The van der Waals surface area contributed by atoms with Crippen LogP contribution in [0.1, 0.15) is 42.6 Å². The molecule has 2 fully saturated rings. The maximum atomic E-state index is 12.9. The predicted molar refractivity (Wildman–Crippen MR) is 91.7 cm³/mol. The number of nitrogens with zero attached hydrogens (tertiary/aromatic N) is 2. The molecule has 2 aliphatic rings. The quantitative estimate of drug-likeness (QED) is 0.859. The molecule has 0 unspecified atom stereocenters. The summed E-state index contributed by atoms with van der Waals surface area (Å²) >= 11 is 0. The van der Waals surface area contributed by atoms with Gasteiger partial charge >= 0.3 is 0 Å². The third-order valence-electron chi connectivity index (χ3n) is 4.98. The van der Waals surface area contributed by atoms with Crippen molar-refractivity contribution in [3.05, 3.63) is 35.4 Å². The van der Waals surface area contributed by atoms with Crippen LogP contribution in [0.2, 0.25) is 0 Å². The van der Waals surface area contributed by atoms with E-state index in [2.05, 4.69) is 23.6 Å². The Bertz CT molecular complexity index is 550. The van der Waals surface area contributed by atoms with Crippen LogP contribution in [0.5, 0.6) is 0 Å². The van der Waals surface area contributed by atoms with Crippen molar-refractivity contribution in [2.24, 2.45) is 0 Å². The number of carbonyl (C=O) groups excluding carboxylic acids is 1. The molecule has 0 N–H and O–H groups in total. The van der Waals surface area contributed by atoms with Gasteiger partial charge in [0.15, 0.2) is 0 Å². The molecule has 2 saturated heterocycles. The zero-order valence-electron chi connectivity index (χ0n) is 14.5. The highest BCUT2D eigenvalue weighted by molar-refractivity contribution is 5.96. The molecule has 0 bridgehead atoms. The molecule has 0 spiro atoms. The van der Waals surface area contributed by atoms with Crippen LogP contribution in [0.4, 0.5) is 0 Å². The highest BCUT2D eigenvalue weighted by Gasteiger charge is 2.33. The highest BCUT2D eigenvalue weighted by Crippen LogP contribution is 2.23. The first kappa shape index (κ1) is 16.5. The van der Waals surface area contributed by atoms with Crippen LogP contribution >= 0.6 is 0 Å². The van der Waals surface area contributed by atoms with Gasteiger partial charge in [-0.3, -0.25) is 9.69 Å². The minimum absolute atomic E-state index is 0.194. The van der Waals surface area contributed by atoms with Gasteiger partial charge in [-0.25, -0.2) is 0 Å². The van der Waals surface area contributed by atoms with Crippen LogP contribution in [-0.4, -0.2) is 60.1 Å². The number of hydrogen-bond donors (Lipinski definition) is 0. The smallest absolute Gasteiger partial charge is 0.254 e. The summed E-state index contributed by atoms with van der Waals surface area (Å²) in [6.45, 7) is 10.1. The molecule has 126 valence electrons. The molecule has 2 aliphatic heterocycles. The molecule has 0 radical (unpaired) electrons. The molecule has 4 heteroatoms. The molecule has 3 rings (SSSR count). The molecular weight excluding hydrogens is 288 g/mol. The fourth-order valence-electron chi connectivity index (χ4n) is 3.99. The maximum absolute atomic E-state index is 12.9. The van der Waals surface area contributed by atoms with Gasteiger partial charge in [-0.15, -0.1) is 0 Å². The zero-order valence-corrected chi connectivity index (χ0v) is 14.5. The summed E-state index contributed by atoms with van der Waals surface area (Å²) in [7, 11) is 0. The normalized spacial score (nSPS) is 29.0. The summed E-state index contributed by atoms with van der Waals surface area (Å²) in [5.41, 5.74) is 1.92. The average Bonchev–Trinajstić information content (AvgIpc) is 2.94. The molecule has 4 nitrogen and oxygen atoms in total. The molecule has 0 saturated carbocycles. The second-order valence-corrected chi connectivity index (χ2v) is 7.09. The van der Waals surface area contributed by atoms with Crippen molar-refractivity contribution in [3.8, 4) is 0 Å². The highest BCUT2D eigenvalue weighted by atomic mass is 16.5. The number of likely N-dealkylation sites (tertiary alicyclic amines) is 1. The first-order valence-corrected chi connectivity index (χ1v) is 8.79. The molecular formula is C19H28N2O2. The predicted octanol–water partition coefficient (Wildman–Crippen LogP) is 2.71. The van der Waals surface area contributed by atoms with Gasteiger partial charge in [0.05, 0.1) is 12.2 Å². The Kier molecular flexibility index (Phi) is 5.02. The Morgan fingerprint density at radius 3 is 2.61 bits per heavy atom. The van der Waals surface area contributed by atoms with Crippen molar-refractivity contribution in [1.82, 2.24) is 9.80 Å². The molecule has 0 aromatic heterocycles. The fourth-order valence-corrected chi connectivity index (χ4v) is 3.99. The fraction of sp³-hybridized carbons (Fsp3) is 0.632. The SMILES string of the molecule is Cc1ccccc1C(=O)N1CCC[C@@H]1CN1C[C@@H](C)O[C@@H](C)C1. The number of amides is 1. The Morgan fingerprint density at radius 1 is 1.22 bits per heavy atom. The van der Waals surface area contributed by atoms with E-state index in [-0.39, 0.29) is 18.1 Å². The Labute approximate surface area is 139 Å². The van der Waals surface area contributed by atoms with Gasteiger partial charge in [-0.05, 0) is 45.2 Å². The van der Waals surface area contributed by atoms with Crippen molar-refractivity contribution in [2.45, 2.75) is 51.9 Å². The van der Waals surface area contributed by atoms with Crippen molar-refractivity contribution < 1.29 is 9.53 Å². The minimum Gasteiger partial charge on any atom is -0.373 e. The molecule has 0 aliphatic carbocycles. The molecule has 2 heterocycles. The van der Waals surface area contributed by atoms with Gasteiger partial charge < -0.3 is 9.64 Å². The van der Waals surface area contributed by atoms with Crippen molar-refractivity contribution in [2.75, 3.05) is 26.2 Å². The molecule has 1 amide bonds. The van der Waals surface area contributed by atoms with Gasteiger partial charge in [0.2, 0.25) is 0 Å². The standard InChI is InChI=1S/C19H28N2O2/c1-14-7-4-5-9-18(14)19(22)21-10-6-8-17(21)13-20-11-15(2)23-16(3)12-20/h4-5,7,9,15-17H,6,8,10-13H2,1-3H3/t15-,16+,17-/m1/s1. The van der Waals surface area contributed by atoms with Gasteiger partial charge in [0.25, 0.3) is 5.91 Å². The van der Waals surface area contributed by atoms with Crippen LogP contribution in [-0.2, 0) is 4.74 Å². The van der Waals surface area contributed by atoms with Gasteiger partial charge in [0.1, 0.15) is 0 Å². The number of benzene rings is 1. The number of carbonyl (C=O) groups is 1. The lowest BCUT2D eigenvalue weighted by Gasteiger charge is -2.38. The summed E-state index contributed by atoms with van der Waals surface area (Å²) in [6.07, 6.45) is 2.77. The summed E-state index contributed by atoms with van der Waals surface area (Å²) in [6, 6.07) is 8.25. The van der Waals surface area contributed by atoms with Crippen molar-refractivity contribution in [1.29, 1.82) is 0 Å². The largest absolute Gasteiger partial charge is 0.373 e. The third kappa shape index (κ3) is 3.75. The summed E-state index contributed by atoms with van der Waals surface area (Å²) < 4.78 is 5.82. The Morgan fingerprint density at radius 2 is 1.91 bits per heavy atom. The van der Waals surface area contributed by atoms with Gasteiger partial charge in [-0.2, -0.15) is 0 Å². The van der Waals surface area contributed by atoms with Crippen LogP contribution in [0.3, 0.4) is 0 Å². The molecule has 23 heavy (non-hydrogen) atoms. The second kappa shape index (κ2) is 7.02. The van der Waals surface area contributed by atoms with Crippen LogP contribution in [0.25, 0.3) is 0 Å². The third-order valence-corrected chi connectivity index (χ3v) is 4.98. The van der Waals surface area contributed by atoms with E-state index in [1.54, 1.807) is 0 Å². The topological polar surface area (TPSA) is 32.8 Å². The monoisotopic (exact) mass is 316 g/mol. The van der Waals surface area contributed by atoms with Crippen molar-refractivity contribution in [3.63, 3.8) is 0 Å². The molecule has 1 aromatic rings. The van der Waals surface area contributed by atoms with Gasteiger partial charge in [-0.1, -0.05) is 18.2 Å². The van der Waals surface area contributed by atoms with Gasteiger partial charge in [0, 0.05) is 37.8 Å². The lowest BCUT2D eigenvalue weighted by Crippen LogP contribution is -2.51. The first-order chi connectivity index (χ1) is 11.0. The van der Waals surface area contributed by atoms with E-state index in [0.717, 1.165) is 50.1 Å². The van der Waals surface area contributed by atoms with Crippen LogP contribution in [0, 0.1) is 6.92 Å². The second-order valence-electron chi connectivity index (χ2n) is 7.09. The van der Waals surface area contributed by atoms with Crippen molar-refractivity contribution >= 4 is 5.91 Å². The van der Waals surface area contributed by atoms with E-state index >= 15 is 0 Å². The van der Waals surface area contributed by atoms with E-state index in [1.807, 2.05) is 31.2 Å². The average molecular weight is 316 g/mol. The zero-order chi connectivity index (χ0) is 16.4. The molecule has 1 aromatic carbocycles. The van der Waals surface area contributed by atoms with E-state index in [9.17, 15) is 4.79 Å². The first-order valence-electron chi connectivity index (χ1n) is 8.79. The lowest BCUT2D eigenvalue weighted by atomic mass is 10.1. The number of morpholine rings is 1. The van der Waals surface area contributed by atoms with E-state index in [1.165, 1.54) is 0 Å². The van der Waals surface area contributed by atoms with Crippen LogP contribution in [0.15, 0.2) is 24.3 Å². The molecule has 3 atom stereocenters. The number of aryl methyl sites for hydroxylation is 1. The number of ether oxygens (including phenoxy) is 1. The van der Waals surface area contributed by atoms with E-state index < -0.39 is 0 Å². The maximum Gasteiger partial charge on any atom is 0.254 e. The Hall–Kier alpha value is -1.39. The van der Waals surface area contributed by atoms with E-state index in [0.29, 0.717) is 6.04 Å². The number of hydrogen-bond acceptors (Lipinski definition) is 3. The van der Waals surface area contributed by atoms with Crippen LogP contribution < -0.4 is 0 Å².